The van der Waals surface area contributed by atoms with E-state index < -0.39 is 10.0 Å². The van der Waals surface area contributed by atoms with Crippen molar-refractivity contribution >= 4 is 20.8 Å². The van der Waals surface area contributed by atoms with E-state index in [-0.39, 0.29) is 10.9 Å². The molecular weight excluding hydrogens is 372 g/mol. The summed E-state index contributed by atoms with van der Waals surface area (Å²) in [6.45, 7) is 3.07. The Morgan fingerprint density at radius 2 is 1.89 bits per heavy atom. The van der Waals surface area contributed by atoms with Crippen LogP contribution in [0, 0.1) is 11.3 Å². The second kappa shape index (κ2) is 8.93. The summed E-state index contributed by atoms with van der Waals surface area (Å²) in [5.74, 6) is 0. The van der Waals surface area contributed by atoms with Gasteiger partial charge in [0.1, 0.15) is 0 Å². The van der Waals surface area contributed by atoms with E-state index in [9.17, 15) is 8.42 Å². The third-order valence-corrected chi connectivity index (χ3v) is 5.99. The number of rotatable bonds is 8. The fourth-order valence-corrected chi connectivity index (χ4v) is 4.18. The van der Waals surface area contributed by atoms with E-state index in [4.69, 9.17) is 5.26 Å². The highest BCUT2D eigenvalue weighted by Crippen LogP contribution is 2.18. The van der Waals surface area contributed by atoms with Crippen molar-refractivity contribution in [1.82, 2.24) is 15.0 Å². The Hall–Kier alpha value is -2.79. The predicted octanol–water partition coefficient (Wildman–Crippen LogP) is 2.61. The van der Waals surface area contributed by atoms with Crippen LogP contribution >= 0.6 is 0 Å². The van der Waals surface area contributed by atoms with Gasteiger partial charge in [-0.2, -0.15) is 5.26 Å². The number of benzene rings is 2. The first-order valence-corrected chi connectivity index (χ1v) is 10.5. The Labute approximate surface area is 165 Å². The Bertz CT molecular complexity index is 1090. The number of nitriles is 1. The number of aromatic nitrogens is 1. The molecule has 0 bridgehead atoms. The summed E-state index contributed by atoms with van der Waals surface area (Å²) in [6.07, 6.45) is 4.16. The molecule has 0 aliphatic carbocycles. The third kappa shape index (κ3) is 5.14. The second-order valence-electron chi connectivity index (χ2n) is 6.67. The van der Waals surface area contributed by atoms with Gasteiger partial charge in [-0.1, -0.05) is 18.2 Å². The molecule has 1 heterocycles. The van der Waals surface area contributed by atoms with E-state index in [1.807, 2.05) is 19.1 Å². The minimum atomic E-state index is -3.59. The third-order valence-electron chi connectivity index (χ3n) is 4.40. The molecule has 2 aromatic carbocycles. The quantitative estimate of drug-likeness (QED) is 0.573. The van der Waals surface area contributed by atoms with Crippen LogP contribution in [0.15, 0.2) is 65.8 Å². The van der Waals surface area contributed by atoms with Gasteiger partial charge in [0, 0.05) is 30.4 Å². The first kappa shape index (κ1) is 20.0. The molecule has 0 aliphatic rings. The lowest BCUT2D eigenvalue weighted by atomic mass is 10.1. The van der Waals surface area contributed by atoms with E-state index >= 15 is 0 Å². The standard InChI is InChI=1S/C21H22N4O2S/c1-16(14-23-10-8-17-2-4-18(13-22)5-3-17)25-28(26,27)21-7-6-20-15-24-11-9-19(20)12-21/h2-7,9,11-12,15-16,23,25H,8,10,14H2,1H3/t16-/m1/s1. The number of nitrogens with one attached hydrogen (secondary N) is 2. The van der Waals surface area contributed by atoms with Crippen LogP contribution in [0.25, 0.3) is 10.8 Å². The maximum atomic E-state index is 12.6. The smallest absolute Gasteiger partial charge is 0.240 e. The van der Waals surface area contributed by atoms with Crippen molar-refractivity contribution in [3.8, 4) is 6.07 Å². The molecule has 0 spiro atoms. The first-order chi connectivity index (χ1) is 13.5. The predicted molar refractivity (Wildman–Crippen MR) is 109 cm³/mol. The van der Waals surface area contributed by atoms with Crippen LogP contribution in [0.4, 0.5) is 0 Å². The summed E-state index contributed by atoms with van der Waals surface area (Å²) in [7, 11) is -3.59. The minimum absolute atomic E-state index is 0.246. The fraction of sp³-hybridized carbons (Fsp3) is 0.238. The van der Waals surface area contributed by atoms with E-state index in [0.29, 0.717) is 12.1 Å². The summed E-state index contributed by atoms with van der Waals surface area (Å²) in [6, 6.07) is 16.1. The number of sulfonamides is 1. The molecule has 144 valence electrons. The Morgan fingerprint density at radius 3 is 2.64 bits per heavy atom. The second-order valence-corrected chi connectivity index (χ2v) is 8.38. The van der Waals surface area contributed by atoms with Crippen LogP contribution in [-0.2, 0) is 16.4 Å². The van der Waals surface area contributed by atoms with Crippen LogP contribution < -0.4 is 10.0 Å². The maximum absolute atomic E-state index is 12.6. The molecule has 0 saturated heterocycles. The van der Waals surface area contributed by atoms with Crippen LogP contribution in [0.2, 0.25) is 0 Å². The van der Waals surface area contributed by atoms with E-state index in [1.165, 1.54) is 0 Å². The van der Waals surface area contributed by atoms with Gasteiger partial charge in [0.2, 0.25) is 10.0 Å². The molecule has 1 atom stereocenters. The average molecular weight is 395 g/mol. The van der Waals surface area contributed by atoms with E-state index in [1.54, 1.807) is 48.8 Å². The topological polar surface area (TPSA) is 94.9 Å². The Kier molecular flexibility index (Phi) is 6.37. The zero-order chi connectivity index (χ0) is 20.0. The Balaban J connectivity index is 1.51. The number of nitrogens with zero attached hydrogens (tertiary/aromatic N) is 2. The lowest BCUT2D eigenvalue weighted by Gasteiger charge is -2.15. The van der Waals surface area contributed by atoms with Crippen LogP contribution in [0.5, 0.6) is 0 Å². The highest BCUT2D eigenvalue weighted by Gasteiger charge is 2.17. The zero-order valence-corrected chi connectivity index (χ0v) is 16.4. The number of hydrogen-bond donors (Lipinski definition) is 2. The number of pyridine rings is 1. The molecule has 0 unspecified atom stereocenters. The SMILES string of the molecule is C[C@H](CNCCc1ccc(C#N)cc1)NS(=O)(=O)c1ccc2cnccc2c1. The van der Waals surface area contributed by atoms with Gasteiger partial charge in [-0.05, 0) is 61.2 Å². The lowest BCUT2D eigenvalue weighted by molar-refractivity contribution is 0.537. The molecule has 6 nitrogen and oxygen atoms in total. The van der Waals surface area contributed by atoms with Crippen molar-refractivity contribution in [3.63, 3.8) is 0 Å². The van der Waals surface area contributed by atoms with Crippen molar-refractivity contribution in [2.24, 2.45) is 0 Å². The molecule has 0 aliphatic heterocycles. The molecule has 0 amide bonds. The molecular formula is C21H22N4O2S. The van der Waals surface area contributed by atoms with Crippen molar-refractivity contribution in [2.45, 2.75) is 24.3 Å². The zero-order valence-electron chi connectivity index (χ0n) is 15.6. The van der Waals surface area contributed by atoms with Gasteiger partial charge in [-0.25, -0.2) is 13.1 Å². The van der Waals surface area contributed by atoms with Crippen molar-refractivity contribution < 1.29 is 8.42 Å². The molecule has 28 heavy (non-hydrogen) atoms. The molecule has 7 heteroatoms. The highest BCUT2D eigenvalue weighted by molar-refractivity contribution is 7.89. The highest BCUT2D eigenvalue weighted by atomic mass is 32.2. The molecule has 2 N–H and O–H groups in total. The van der Waals surface area contributed by atoms with Crippen molar-refractivity contribution in [1.29, 1.82) is 5.26 Å². The largest absolute Gasteiger partial charge is 0.315 e. The number of hydrogen-bond acceptors (Lipinski definition) is 5. The van der Waals surface area contributed by atoms with Gasteiger partial charge in [0.25, 0.3) is 0 Å². The van der Waals surface area contributed by atoms with Crippen LogP contribution in [-0.4, -0.2) is 32.5 Å². The van der Waals surface area contributed by atoms with Gasteiger partial charge in [0.15, 0.2) is 0 Å². The fourth-order valence-electron chi connectivity index (χ4n) is 2.90. The molecule has 3 rings (SSSR count). The molecule has 0 saturated carbocycles. The van der Waals surface area contributed by atoms with Gasteiger partial charge in [0.05, 0.1) is 16.5 Å². The van der Waals surface area contributed by atoms with Crippen molar-refractivity contribution in [3.05, 3.63) is 72.1 Å². The van der Waals surface area contributed by atoms with E-state index in [2.05, 4.69) is 21.1 Å². The molecule has 1 aromatic heterocycles. The average Bonchev–Trinajstić information content (AvgIpc) is 2.71. The summed E-state index contributed by atoms with van der Waals surface area (Å²) < 4.78 is 27.9. The molecule has 0 radical (unpaired) electrons. The van der Waals surface area contributed by atoms with Gasteiger partial charge < -0.3 is 5.32 Å². The summed E-state index contributed by atoms with van der Waals surface area (Å²) in [5, 5.41) is 13.8. The minimum Gasteiger partial charge on any atom is -0.315 e. The summed E-state index contributed by atoms with van der Waals surface area (Å²) in [5.41, 5.74) is 1.77. The van der Waals surface area contributed by atoms with E-state index in [0.717, 1.165) is 29.3 Å². The van der Waals surface area contributed by atoms with Crippen LogP contribution in [0.1, 0.15) is 18.1 Å². The van der Waals surface area contributed by atoms with Gasteiger partial charge in [-0.3, -0.25) is 4.98 Å². The monoisotopic (exact) mass is 394 g/mol. The van der Waals surface area contributed by atoms with Crippen LogP contribution in [0.3, 0.4) is 0 Å². The summed E-state index contributed by atoms with van der Waals surface area (Å²) >= 11 is 0. The number of fused-ring (bicyclic) bond motifs is 1. The molecule has 0 fully saturated rings. The van der Waals surface area contributed by atoms with Crippen molar-refractivity contribution in [2.75, 3.05) is 13.1 Å². The van der Waals surface area contributed by atoms with Gasteiger partial charge in [-0.15, -0.1) is 0 Å². The molecule has 3 aromatic rings. The Morgan fingerprint density at radius 1 is 1.11 bits per heavy atom. The first-order valence-electron chi connectivity index (χ1n) is 9.04. The summed E-state index contributed by atoms with van der Waals surface area (Å²) in [4.78, 5) is 4.28. The maximum Gasteiger partial charge on any atom is 0.240 e. The lowest BCUT2D eigenvalue weighted by Crippen LogP contribution is -2.40. The van der Waals surface area contributed by atoms with Gasteiger partial charge >= 0.3 is 0 Å². The normalized spacial score (nSPS) is 12.6.